The Kier molecular flexibility index (Phi) is 2.67. The third-order valence-electron chi connectivity index (χ3n) is 3.27. The summed E-state index contributed by atoms with van der Waals surface area (Å²) in [4.78, 5) is 0. The second-order valence-corrected chi connectivity index (χ2v) is 4.27. The van der Waals surface area contributed by atoms with Crippen molar-refractivity contribution >= 4 is 0 Å². The number of ether oxygens (including phenoxy) is 1. The van der Waals surface area contributed by atoms with Crippen molar-refractivity contribution in [1.82, 2.24) is 5.32 Å². The van der Waals surface area contributed by atoms with Gasteiger partial charge in [0.05, 0.1) is 6.73 Å². The molecule has 86 valence electrons. The fourth-order valence-electron chi connectivity index (χ4n) is 2.40. The van der Waals surface area contributed by atoms with Crippen LogP contribution in [-0.4, -0.2) is 13.3 Å². The molecule has 1 saturated heterocycles. The van der Waals surface area contributed by atoms with E-state index in [0.717, 1.165) is 6.54 Å². The van der Waals surface area contributed by atoms with Gasteiger partial charge in [-0.05, 0) is 11.1 Å². The van der Waals surface area contributed by atoms with Gasteiger partial charge in [-0.2, -0.15) is 0 Å². The Labute approximate surface area is 101 Å². The maximum absolute atomic E-state index is 6.00. The predicted octanol–water partition coefficient (Wildman–Crippen LogP) is 2.51. The van der Waals surface area contributed by atoms with Crippen LogP contribution in [-0.2, 0) is 10.3 Å². The molecule has 3 rings (SSSR count). The van der Waals surface area contributed by atoms with E-state index in [1.54, 1.807) is 0 Å². The molecular weight excluding hydrogens is 210 g/mol. The number of hydrogen-bond acceptors (Lipinski definition) is 2. The standard InChI is InChI=1S/C15H15NO/c1-3-7-13(8-4-1)15(11-16-12-17-15)14-9-5-2-6-10-14/h1-10,16H,11-12H2. The number of rotatable bonds is 2. The van der Waals surface area contributed by atoms with Crippen LogP contribution in [0.4, 0.5) is 0 Å². The number of hydrogen-bond donors (Lipinski definition) is 1. The average Bonchev–Trinajstić information content (AvgIpc) is 2.91. The highest BCUT2D eigenvalue weighted by Gasteiger charge is 2.38. The lowest BCUT2D eigenvalue weighted by Crippen LogP contribution is -2.31. The van der Waals surface area contributed by atoms with Crippen molar-refractivity contribution in [3.8, 4) is 0 Å². The van der Waals surface area contributed by atoms with Crippen LogP contribution < -0.4 is 5.32 Å². The molecule has 0 unspecified atom stereocenters. The molecule has 0 aliphatic carbocycles. The molecule has 2 nitrogen and oxygen atoms in total. The molecule has 0 atom stereocenters. The molecule has 2 aromatic rings. The highest BCUT2D eigenvalue weighted by atomic mass is 16.5. The molecule has 1 aliphatic rings. The lowest BCUT2D eigenvalue weighted by atomic mass is 9.86. The SMILES string of the molecule is c1ccc(C2(c3ccccc3)CNCO2)cc1. The first-order valence-electron chi connectivity index (χ1n) is 5.87. The van der Waals surface area contributed by atoms with Crippen molar-refractivity contribution in [2.24, 2.45) is 0 Å². The first-order chi connectivity index (χ1) is 8.42. The zero-order valence-electron chi connectivity index (χ0n) is 9.60. The molecule has 1 aliphatic heterocycles. The van der Waals surface area contributed by atoms with Gasteiger partial charge in [-0.25, -0.2) is 0 Å². The summed E-state index contributed by atoms with van der Waals surface area (Å²) < 4.78 is 6.00. The van der Waals surface area contributed by atoms with Gasteiger partial charge in [0.1, 0.15) is 5.60 Å². The Bertz CT molecular complexity index is 433. The van der Waals surface area contributed by atoms with E-state index < -0.39 is 0 Å². The van der Waals surface area contributed by atoms with E-state index in [9.17, 15) is 0 Å². The summed E-state index contributed by atoms with van der Waals surface area (Å²) in [5.74, 6) is 0. The van der Waals surface area contributed by atoms with Gasteiger partial charge in [-0.3, -0.25) is 5.32 Å². The minimum Gasteiger partial charge on any atom is -0.349 e. The van der Waals surface area contributed by atoms with Gasteiger partial charge in [-0.15, -0.1) is 0 Å². The van der Waals surface area contributed by atoms with Crippen LogP contribution in [0.1, 0.15) is 11.1 Å². The summed E-state index contributed by atoms with van der Waals surface area (Å²) in [6.07, 6.45) is 0. The van der Waals surface area contributed by atoms with Gasteiger partial charge >= 0.3 is 0 Å². The van der Waals surface area contributed by atoms with E-state index in [2.05, 4.69) is 53.8 Å². The van der Waals surface area contributed by atoms with Crippen LogP contribution in [0.25, 0.3) is 0 Å². The predicted molar refractivity (Wildman–Crippen MR) is 67.6 cm³/mol. The van der Waals surface area contributed by atoms with E-state index in [1.165, 1.54) is 11.1 Å². The minimum absolute atomic E-state index is 0.331. The molecule has 0 aromatic heterocycles. The van der Waals surface area contributed by atoms with Crippen molar-refractivity contribution < 1.29 is 4.74 Å². The summed E-state index contributed by atoms with van der Waals surface area (Å²) in [6.45, 7) is 1.42. The molecule has 0 radical (unpaired) electrons. The molecule has 2 heteroatoms. The Morgan fingerprint density at radius 2 is 1.35 bits per heavy atom. The van der Waals surface area contributed by atoms with E-state index >= 15 is 0 Å². The van der Waals surface area contributed by atoms with Crippen molar-refractivity contribution in [2.75, 3.05) is 13.3 Å². The second-order valence-electron chi connectivity index (χ2n) is 4.27. The molecule has 0 bridgehead atoms. The summed E-state index contributed by atoms with van der Waals surface area (Å²) in [7, 11) is 0. The second kappa shape index (κ2) is 4.32. The molecule has 1 heterocycles. The summed E-state index contributed by atoms with van der Waals surface area (Å²) >= 11 is 0. The zero-order valence-corrected chi connectivity index (χ0v) is 9.60. The molecular formula is C15H15NO. The van der Waals surface area contributed by atoms with E-state index in [1.807, 2.05) is 12.1 Å². The topological polar surface area (TPSA) is 21.3 Å². The molecule has 2 aromatic carbocycles. The van der Waals surface area contributed by atoms with E-state index in [0.29, 0.717) is 6.73 Å². The monoisotopic (exact) mass is 225 g/mol. The van der Waals surface area contributed by atoms with Crippen molar-refractivity contribution in [3.63, 3.8) is 0 Å². The maximum atomic E-state index is 6.00. The average molecular weight is 225 g/mol. The van der Waals surface area contributed by atoms with Crippen LogP contribution >= 0.6 is 0 Å². The van der Waals surface area contributed by atoms with Gasteiger partial charge in [0.15, 0.2) is 0 Å². The van der Waals surface area contributed by atoms with Gasteiger partial charge in [0.2, 0.25) is 0 Å². The molecule has 17 heavy (non-hydrogen) atoms. The van der Waals surface area contributed by atoms with Crippen molar-refractivity contribution in [2.45, 2.75) is 5.60 Å². The maximum Gasteiger partial charge on any atom is 0.132 e. The summed E-state index contributed by atoms with van der Waals surface area (Å²) in [5, 5.41) is 3.29. The third-order valence-corrected chi connectivity index (χ3v) is 3.27. The normalized spacial score (nSPS) is 18.1. The number of nitrogens with one attached hydrogen (secondary N) is 1. The van der Waals surface area contributed by atoms with Gasteiger partial charge in [-0.1, -0.05) is 60.7 Å². The first kappa shape index (κ1) is 10.5. The van der Waals surface area contributed by atoms with Gasteiger partial charge in [0.25, 0.3) is 0 Å². The fraction of sp³-hybridized carbons (Fsp3) is 0.200. The van der Waals surface area contributed by atoms with Crippen LogP contribution in [0, 0.1) is 0 Å². The molecule has 1 N–H and O–H groups in total. The quantitative estimate of drug-likeness (QED) is 0.848. The van der Waals surface area contributed by atoms with Gasteiger partial charge < -0.3 is 4.74 Å². The van der Waals surface area contributed by atoms with Crippen LogP contribution in [0.2, 0.25) is 0 Å². The third kappa shape index (κ3) is 1.75. The molecule has 0 amide bonds. The summed E-state index contributed by atoms with van der Waals surface area (Å²) in [6, 6.07) is 20.8. The van der Waals surface area contributed by atoms with Crippen molar-refractivity contribution in [1.29, 1.82) is 0 Å². The highest BCUT2D eigenvalue weighted by Crippen LogP contribution is 2.35. The fourth-order valence-corrected chi connectivity index (χ4v) is 2.40. The van der Waals surface area contributed by atoms with Crippen LogP contribution in [0.5, 0.6) is 0 Å². The van der Waals surface area contributed by atoms with Gasteiger partial charge in [0, 0.05) is 6.54 Å². The largest absolute Gasteiger partial charge is 0.349 e. The Morgan fingerprint density at radius 3 is 1.76 bits per heavy atom. The lowest BCUT2D eigenvalue weighted by Gasteiger charge is -2.28. The number of benzene rings is 2. The van der Waals surface area contributed by atoms with E-state index in [4.69, 9.17) is 4.74 Å². The lowest BCUT2D eigenvalue weighted by molar-refractivity contribution is 0.0419. The zero-order chi connectivity index (χ0) is 11.6. The van der Waals surface area contributed by atoms with Crippen LogP contribution in [0.15, 0.2) is 60.7 Å². The smallest absolute Gasteiger partial charge is 0.132 e. The van der Waals surface area contributed by atoms with E-state index in [-0.39, 0.29) is 5.60 Å². The highest BCUT2D eigenvalue weighted by molar-refractivity contribution is 5.37. The molecule has 0 spiro atoms. The Morgan fingerprint density at radius 1 is 0.824 bits per heavy atom. The Hall–Kier alpha value is -1.64. The summed E-state index contributed by atoms with van der Waals surface area (Å²) in [5.41, 5.74) is 2.08. The van der Waals surface area contributed by atoms with Crippen molar-refractivity contribution in [3.05, 3.63) is 71.8 Å². The molecule has 1 fully saturated rings. The Balaban J connectivity index is 2.11. The minimum atomic E-state index is -0.331. The first-order valence-corrected chi connectivity index (χ1v) is 5.87. The van der Waals surface area contributed by atoms with Crippen LogP contribution in [0.3, 0.4) is 0 Å². The molecule has 0 saturated carbocycles.